The van der Waals surface area contributed by atoms with E-state index in [-0.39, 0.29) is 6.10 Å². The van der Waals surface area contributed by atoms with Crippen LogP contribution in [0.25, 0.3) is 0 Å². The highest BCUT2D eigenvalue weighted by Crippen LogP contribution is 2.11. The van der Waals surface area contributed by atoms with Crippen LogP contribution in [0.5, 0.6) is 5.75 Å². The van der Waals surface area contributed by atoms with E-state index in [1.807, 2.05) is 13.2 Å². The SMILES string of the molecule is CCC(CNCC(C)C)Oc1cnn(C)c1. The lowest BCUT2D eigenvalue weighted by atomic mass is 10.2. The van der Waals surface area contributed by atoms with Crippen LogP contribution in [-0.2, 0) is 7.05 Å². The van der Waals surface area contributed by atoms with Crippen LogP contribution < -0.4 is 10.1 Å². The van der Waals surface area contributed by atoms with Gasteiger partial charge in [0.1, 0.15) is 6.10 Å². The molecule has 4 heteroatoms. The van der Waals surface area contributed by atoms with Gasteiger partial charge < -0.3 is 10.1 Å². The summed E-state index contributed by atoms with van der Waals surface area (Å²) in [4.78, 5) is 0. The fraction of sp³-hybridized carbons (Fsp3) is 0.750. The normalized spacial score (nSPS) is 13.1. The van der Waals surface area contributed by atoms with Gasteiger partial charge in [-0.05, 0) is 18.9 Å². The second-order valence-corrected chi connectivity index (χ2v) is 4.55. The molecule has 0 saturated heterocycles. The van der Waals surface area contributed by atoms with E-state index in [1.165, 1.54) is 0 Å². The number of rotatable bonds is 7. The Labute approximate surface area is 98.0 Å². The Balaban J connectivity index is 2.31. The summed E-state index contributed by atoms with van der Waals surface area (Å²) in [5.74, 6) is 1.52. The standard InChI is InChI=1S/C12H23N3O/c1-5-11(7-13-6-10(2)3)16-12-8-14-15(4)9-12/h8-11,13H,5-7H2,1-4H3. The lowest BCUT2D eigenvalue weighted by Gasteiger charge is -2.17. The quantitative estimate of drug-likeness (QED) is 0.769. The van der Waals surface area contributed by atoms with Gasteiger partial charge in [-0.25, -0.2) is 0 Å². The van der Waals surface area contributed by atoms with Gasteiger partial charge in [0.2, 0.25) is 0 Å². The molecule has 1 aromatic rings. The molecule has 1 aromatic heterocycles. The number of hydrogen-bond acceptors (Lipinski definition) is 3. The highest BCUT2D eigenvalue weighted by atomic mass is 16.5. The summed E-state index contributed by atoms with van der Waals surface area (Å²) < 4.78 is 7.57. The van der Waals surface area contributed by atoms with Crippen LogP contribution in [0.15, 0.2) is 12.4 Å². The molecule has 0 bridgehead atoms. The van der Waals surface area contributed by atoms with Crippen molar-refractivity contribution in [3.05, 3.63) is 12.4 Å². The van der Waals surface area contributed by atoms with Gasteiger partial charge in [0.15, 0.2) is 5.75 Å². The van der Waals surface area contributed by atoms with Crippen molar-refractivity contribution < 1.29 is 4.74 Å². The van der Waals surface area contributed by atoms with Gasteiger partial charge >= 0.3 is 0 Å². The monoisotopic (exact) mass is 225 g/mol. The van der Waals surface area contributed by atoms with Crippen LogP contribution in [0, 0.1) is 5.92 Å². The molecular formula is C12H23N3O. The summed E-state index contributed by atoms with van der Waals surface area (Å²) in [5.41, 5.74) is 0. The minimum absolute atomic E-state index is 0.225. The van der Waals surface area contributed by atoms with Gasteiger partial charge in [-0.3, -0.25) is 4.68 Å². The number of aromatic nitrogens is 2. The predicted molar refractivity (Wildman–Crippen MR) is 65.6 cm³/mol. The third kappa shape index (κ3) is 4.66. The Morgan fingerprint density at radius 3 is 2.69 bits per heavy atom. The largest absolute Gasteiger partial charge is 0.486 e. The van der Waals surface area contributed by atoms with Gasteiger partial charge in [-0.1, -0.05) is 20.8 Å². The van der Waals surface area contributed by atoms with E-state index in [9.17, 15) is 0 Å². The van der Waals surface area contributed by atoms with Crippen LogP contribution in [0.2, 0.25) is 0 Å². The van der Waals surface area contributed by atoms with Crippen LogP contribution in [0.4, 0.5) is 0 Å². The first-order valence-electron chi connectivity index (χ1n) is 5.97. The zero-order chi connectivity index (χ0) is 12.0. The average Bonchev–Trinajstić information content (AvgIpc) is 2.62. The van der Waals surface area contributed by atoms with Crippen molar-refractivity contribution in [2.45, 2.75) is 33.3 Å². The van der Waals surface area contributed by atoms with Crippen molar-refractivity contribution in [1.82, 2.24) is 15.1 Å². The molecule has 0 aliphatic heterocycles. The van der Waals surface area contributed by atoms with Crippen LogP contribution >= 0.6 is 0 Å². The smallest absolute Gasteiger partial charge is 0.157 e. The summed E-state index contributed by atoms with van der Waals surface area (Å²) in [6.07, 6.45) is 4.87. The zero-order valence-corrected chi connectivity index (χ0v) is 10.7. The average molecular weight is 225 g/mol. The second kappa shape index (κ2) is 6.53. The first-order chi connectivity index (χ1) is 7.61. The molecule has 0 fully saturated rings. The van der Waals surface area contributed by atoms with E-state index in [0.29, 0.717) is 5.92 Å². The molecule has 1 N–H and O–H groups in total. The Morgan fingerprint density at radius 2 is 2.19 bits per heavy atom. The molecule has 92 valence electrons. The van der Waals surface area contributed by atoms with Crippen LogP contribution in [-0.4, -0.2) is 29.0 Å². The van der Waals surface area contributed by atoms with E-state index >= 15 is 0 Å². The zero-order valence-electron chi connectivity index (χ0n) is 10.7. The number of nitrogens with one attached hydrogen (secondary N) is 1. The first kappa shape index (κ1) is 13.0. The highest BCUT2D eigenvalue weighted by Gasteiger charge is 2.08. The lowest BCUT2D eigenvalue weighted by molar-refractivity contribution is 0.192. The number of nitrogens with zero attached hydrogens (tertiary/aromatic N) is 2. The Hall–Kier alpha value is -1.03. The topological polar surface area (TPSA) is 39.1 Å². The summed E-state index contributed by atoms with van der Waals surface area (Å²) >= 11 is 0. The molecule has 0 aliphatic carbocycles. The van der Waals surface area contributed by atoms with E-state index < -0.39 is 0 Å². The van der Waals surface area contributed by atoms with Crippen molar-refractivity contribution >= 4 is 0 Å². The van der Waals surface area contributed by atoms with E-state index in [0.717, 1.165) is 25.3 Å². The minimum Gasteiger partial charge on any atom is -0.486 e. The van der Waals surface area contributed by atoms with Crippen LogP contribution in [0.3, 0.4) is 0 Å². The summed E-state index contributed by atoms with van der Waals surface area (Å²) in [5, 5.41) is 7.49. The fourth-order valence-electron chi connectivity index (χ4n) is 1.45. The molecule has 1 rings (SSSR count). The Kier molecular flexibility index (Phi) is 5.32. The molecule has 0 amide bonds. The van der Waals surface area contributed by atoms with Crippen molar-refractivity contribution in [3.8, 4) is 5.75 Å². The molecule has 16 heavy (non-hydrogen) atoms. The van der Waals surface area contributed by atoms with E-state index in [1.54, 1.807) is 10.9 Å². The summed E-state index contributed by atoms with van der Waals surface area (Å²) in [7, 11) is 1.89. The molecule has 0 saturated carbocycles. The molecular weight excluding hydrogens is 202 g/mol. The summed E-state index contributed by atoms with van der Waals surface area (Å²) in [6, 6.07) is 0. The molecule has 0 aromatic carbocycles. The van der Waals surface area contributed by atoms with Crippen molar-refractivity contribution in [1.29, 1.82) is 0 Å². The van der Waals surface area contributed by atoms with Gasteiger partial charge in [0, 0.05) is 13.6 Å². The molecule has 0 aliphatic rings. The van der Waals surface area contributed by atoms with Crippen molar-refractivity contribution in [2.24, 2.45) is 13.0 Å². The first-order valence-corrected chi connectivity index (χ1v) is 5.97. The number of ether oxygens (including phenoxy) is 1. The Morgan fingerprint density at radius 1 is 1.44 bits per heavy atom. The number of hydrogen-bond donors (Lipinski definition) is 1. The van der Waals surface area contributed by atoms with Crippen LogP contribution in [0.1, 0.15) is 27.2 Å². The Bertz CT molecular complexity index is 296. The maximum Gasteiger partial charge on any atom is 0.157 e. The predicted octanol–water partition coefficient (Wildman–Crippen LogP) is 1.82. The maximum absolute atomic E-state index is 5.82. The van der Waals surface area contributed by atoms with Gasteiger partial charge in [0.05, 0.1) is 12.4 Å². The van der Waals surface area contributed by atoms with E-state index in [4.69, 9.17) is 4.74 Å². The number of aryl methyl sites for hydroxylation is 1. The minimum atomic E-state index is 0.225. The van der Waals surface area contributed by atoms with Crippen molar-refractivity contribution in [3.63, 3.8) is 0 Å². The van der Waals surface area contributed by atoms with E-state index in [2.05, 4.69) is 31.2 Å². The molecule has 1 heterocycles. The third-order valence-corrected chi connectivity index (χ3v) is 2.36. The lowest BCUT2D eigenvalue weighted by Crippen LogP contribution is -2.32. The van der Waals surface area contributed by atoms with Gasteiger partial charge in [-0.2, -0.15) is 5.10 Å². The second-order valence-electron chi connectivity index (χ2n) is 4.55. The molecule has 0 radical (unpaired) electrons. The molecule has 4 nitrogen and oxygen atoms in total. The highest BCUT2D eigenvalue weighted by molar-refractivity contribution is 5.11. The van der Waals surface area contributed by atoms with Gasteiger partial charge in [-0.15, -0.1) is 0 Å². The molecule has 1 unspecified atom stereocenters. The third-order valence-electron chi connectivity index (χ3n) is 2.36. The molecule has 1 atom stereocenters. The maximum atomic E-state index is 5.82. The van der Waals surface area contributed by atoms with Gasteiger partial charge in [0.25, 0.3) is 0 Å². The van der Waals surface area contributed by atoms with Crippen molar-refractivity contribution in [2.75, 3.05) is 13.1 Å². The fourth-order valence-corrected chi connectivity index (χ4v) is 1.45. The summed E-state index contributed by atoms with van der Waals surface area (Å²) in [6.45, 7) is 8.47. The molecule has 0 spiro atoms.